The van der Waals surface area contributed by atoms with Crippen LogP contribution in [0.25, 0.3) is 22.6 Å². The number of nitrogens with zero attached hydrogens (tertiary/aromatic N) is 2. The van der Waals surface area contributed by atoms with Crippen LogP contribution in [-0.2, 0) is 0 Å². The van der Waals surface area contributed by atoms with E-state index in [4.69, 9.17) is 0 Å². The maximum absolute atomic E-state index is 11.7. The molecule has 0 aliphatic carbocycles. The molecule has 3 aromatic heterocycles. The molecule has 0 unspecified atom stereocenters. The molecule has 0 fully saturated rings. The van der Waals surface area contributed by atoms with E-state index < -0.39 is 0 Å². The molecule has 0 aromatic carbocycles. The lowest BCUT2D eigenvalue weighted by Gasteiger charge is -1.92. The lowest BCUT2D eigenvalue weighted by atomic mass is 10.2. The molecule has 0 bridgehead atoms. The van der Waals surface area contributed by atoms with Crippen LogP contribution in [0.2, 0.25) is 0 Å². The highest BCUT2D eigenvalue weighted by Crippen LogP contribution is 2.15. The second kappa shape index (κ2) is 3.55. The van der Waals surface area contributed by atoms with E-state index in [1.807, 2.05) is 19.1 Å². The van der Waals surface area contributed by atoms with Crippen LogP contribution in [0.15, 0.2) is 35.4 Å². The van der Waals surface area contributed by atoms with E-state index in [9.17, 15) is 4.79 Å². The summed E-state index contributed by atoms with van der Waals surface area (Å²) < 4.78 is 0. The minimum atomic E-state index is -0.0699. The summed E-state index contributed by atoms with van der Waals surface area (Å²) in [5, 5.41) is 0. The molecule has 3 heterocycles. The second-order valence-corrected chi connectivity index (χ2v) is 3.83. The lowest BCUT2D eigenvalue weighted by molar-refractivity contribution is 1.21. The number of fused-ring (bicyclic) bond motifs is 1. The zero-order valence-corrected chi connectivity index (χ0v) is 9.19. The zero-order chi connectivity index (χ0) is 11.8. The van der Waals surface area contributed by atoms with Crippen LogP contribution in [0, 0.1) is 6.92 Å². The van der Waals surface area contributed by atoms with Gasteiger partial charge in [-0.2, -0.15) is 0 Å². The molecule has 17 heavy (non-hydrogen) atoms. The maximum atomic E-state index is 11.7. The number of aryl methyl sites for hydroxylation is 1. The summed E-state index contributed by atoms with van der Waals surface area (Å²) in [7, 11) is 0. The fourth-order valence-electron chi connectivity index (χ4n) is 1.72. The number of rotatable bonds is 1. The van der Waals surface area contributed by atoms with E-state index in [0.717, 1.165) is 11.2 Å². The number of aromatic amines is 2. The molecule has 0 saturated carbocycles. The Balaban J connectivity index is 2.25. The monoisotopic (exact) mass is 226 g/mol. The summed E-state index contributed by atoms with van der Waals surface area (Å²) in [4.78, 5) is 26.2. The molecule has 0 atom stereocenters. The molecule has 0 aliphatic heterocycles. The molecule has 84 valence electrons. The van der Waals surface area contributed by atoms with Crippen molar-refractivity contribution in [3.8, 4) is 11.4 Å². The third-order valence-electron chi connectivity index (χ3n) is 2.56. The number of nitrogens with one attached hydrogen (secondary N) is 2. The number of hydrogen-bond acceptors (Lipinski definition) is 3. The second-order valence-electron chi connectivity index (χ2n) is 3.83. The van der Waals surface area contributed by atoms with Crippen molar-refractivity contribution in [1.82, 2.24) is 19.9 Å². The van der Waals surface area contributed by atoms with Crippen molar-refractivity contribution in [3.05, 3.63) is 46.5 Å². The van der Waals surface area contributed by atoms with Gasteiger partial charge in [-0.25, -0.2) is 9.97 Å². The predicted molar refractivity (Wildman–Crippen MR) is 64.7 cm³/mol. The fourth-order valence-corrected chi connectivity index (χ4v) is 1.72. The summed E-state index contributed by atoms with van der Waals surface area (Å²) in [6.45, 7) is 1.91. The van der Waals surface area contributed by atoms with Gasteiger partial charge in [-0.15, -0.1) is 0 Å². The number of aromatic nitrogens is 4. The Hall–Kier alpha value is -2.43. The van der Waals surface area contributed by atoms with Crippen LogP contribution >= 0.6 is 0 Å². The van der Waals surface area contributed by atoms with Crippen LogP contribution in [0.5, 0.6) is 0 Å². The molecule has 3 rings (SSSR count). The Labute approximate surface area is 96.6 Å². The molecule has 2 N–H and O–H groups in total. The standard InChI is InChI=1S/C12H10N4O/c1-7-2-3-9-12(14-7)16-11(15-9)8-6-13-5-4-10(8)17/h2-6H,1H3,(H,13,17)(H,14,15,16). The highest BCUT2D eigenvalue weighted by atomic mass is 16.1. The largest absolute Gasteiger partial charge is 0.367 e. The molecule has 0 amide bonds. The Bertz CT molecular complexity index is 741. The normalized spacial score (nSPS) is 10.9. The van der Waals surface area contributed by atoms with Gasteiger partial charge in [-0.05, 0) is 19.1 Å². The summed E-state index contributed by atoms with van der Waals surface area (Å²) in [6.07, 6.45) is 3.23. The van der Waals surface area contributed by atoms with Gasteiger partial charge in [-0.1, -0.05) is 0 Å². The van der Waals surface area contributed by atoms with Gasteiger partial charge in [-0.3, -0.25) is 4.79 Å². The van der Waals surface area contributed by atoms with Crippen LogP contribution in [0.4, 0.5) is 0 Å². The van der Waals surface area contributed by atoms with E-state index in [-0.39, 0.29) is 5.43 Å². The average Bonchev–Trinajstić information content (AvgIpc) is 2.72. The summed E-state index contributed by atoms with van der Waals surface area (Å²) in [6, 6.07) is 5.28. The quantitative estimate of drug-likeness (QED) is 0.662. The summed E-state index contributed by atoms with van der Waals surface area (Å²) in [5.41, 5.74) is 2.80. The molecular formula is C12H10N4O. The fraction of sp³-hybridized carbons (Fsp3) is 0.0833. The van der Waals surface area contributed by atoms with Crippen molar-refractivity contribution in [3.63, 3.8) is 0 Å². The van der Waals surface area contributed by atoms with Crippen LogP contribution in [0.3, 0.4) is 0 Å². The van der Waals surface area contributed by atoms with Crippen LogP contribution in [-0.4, -0.2) is 19.9 Å². The first kappa shape index (κ1) is 9.77. The SMILES string of the molecule is Cc1ccc2[nH]c(-c3c[nH]ccc3=O)nc2n1. The third-order valence-corrected chi connectivity index (χ3v) is 2.56. The predicted octanol–water partition coefficient (Wildman–Crippen LogP) is 1.62. The van der Waals surface area contributed by atoms with Crippen molar-refractivity contribution in [2.45, 2.75) is 6.92 Å². The first-order valence-corrected chi connectivity index (χ1v) is 5.25. The first-order valence-electron chi connectivity index (χ1n) is 5.25. The molecule has 5 heteroatoms. The Morgan fingerprint density at radius 3 is 2.88 bits per heavy atom. The Kier molecular flexibility index (Phi) is 2.04. The zero-order valence-electron chi connectivity index (χ0n) is 9.19. The van der Waals surface area contributed by atoms with E-state index in [1.165, 1.54) is 6.07 Å². The molecule has 3 aromatic rings. The van der Waals surface area contributed by atoms with E-state index in [0.29, 0.717) is 17.0 Å². The topological polar surface area (TPSA) is 74.4 Å². The highest BCUT2D eigenvalue weighted by Gasteiger charge is 2.08. The third kappa shape index (κ3) is 1.61. The minimum Gasteiger partial charge on any atom is -0.367 e. The molecule has 5 nitrogen and oxygen atoms in total. The van der Waals surface area contributed by atoms with E-state index in [2.05, 4.69) is 19.9 Å². The minimum absolute atomic E-state index is 0.0699. The Morgan fingerprint density at radius 1 is 1.18 bits per heavy atom. The van der Waals surface area contributed by atoms with Gasteiger partial charge in [0.05, 0.1) is 11.1 Å². The molecule has 0 spiro atoms. The van der Waals surface area contributed by atoms with Crippen molar-refractivity contribution >= 4 is 11.2 Å². The number of H-pyrrole nitrogens is 2. The van der Waals surface area contributed by atoms with Gasteiger partial charge >= 0.3 is 0 Å². The number of imidazole rings is 1. The number of pyridine rings is 2. The van der Waals surface area contributed by atoms with Gasteiger partial charge < -0.3 is 9.97 Å². The van der Waals surface area contributed by atoms with Crippen molar-refractivity contribution in [1.29, 1.82) is 0 Å². The van der Waals surface area contributed by atoms with Gasteiger partial charge in [0.2, 0.25) is 0 Å². The smallest absolute Gasteiger partial charge is 0.192 e. The summed E-state index contributed by atoms with van der Waals surface area (Å²) >= 11 is 0. The highest BCUT2D eigenvalue weighted by molar-refractivity contribution is 5.75. The molecule has 0 saturated heterocycles. The maximum Gasteiger partial charge on any atom is 0.192 e. The van der Waals surface area contributed by atoms with E-state index in [1.54, 1.807) is 12.4 Å². The van der Waals surface area contributed by atoms with E-state index >= 15 is 0 Å². The van der Waals surface area contributed by atoms with Crippen molar-refractivity contribution in [2.75, 3.05) is 0 Å². The van der Waals surface area contributed by atoms with Crippen LogP contribution in [0.1, 0.15) is 5.69 Å². The van der Waals surface area contributed by atoms with Crippen LogP contribution < -0.4 is 5.43 Å². The average molecular weight is 226 g/mol. The molecule has 0 radical (unpaired) electrons. The first-order chi connectivity index (χ1) is 8.24. The van der Waals surface area contributed by atoms with Gasteiger partial charge in [0.1, 0.15) is 5.82 Å². The lowest BCUT2D eigenvalue weighted by Crippen LogP contribution is -2.03. The Morgan fingerprint density at radius 2 is 2.06 bits per heavy atom. The molecular weight excluding hydrogens is 216 g/mol. The van der Waals surface area contributed by atoms with Gasteiger partial charge in [0.15, 0.2) is 11.1 Å². The van der Waals surface area contributed by atoms with Crippen molar-refractivity contribution in [2.24, 2.45) is 0 Å². The summed E-state index contributed by atoms with van der Waals surface area (Å²) in [5.74, 6) is 0.542. The number of hydrogen-bond donors (Lipinski definition) is 2. The van der Waals surface area contributed by atoms with Crippen molar-refractivity contribution < 1.29 is 0 Å². The van der Waals surface area contributed by atoms with Gasteiger partial charge in [0, 0.05) is 24.2 Å². The molecule has 0 aliphatic rings. The van der Waals surface area contributed by atoms with Gasteiger partial charge in [0.25, 0.3) is 0 Å².